The molecule has 2 fully saturated rings. The van der Waals surface area contributed by atoms with Gasteiger partial charge in [-0.1, -0.05) is 6.42 Å². The van der Waals surface area contributed by atoms with Gasteiger partial charge in [0, 0.05) is 24.3 Å². The monoisotopic (exact) mass is 276 g/mol. The second kappa shape index (κ2) is 5.05. The molecular weight excluding hydrogens is 256 g/mol. The number of rotatable bonds is 4. The third kappa shape index (κ3) is 1.97. The zero-order chi connectivity index (χ0) is 14.2. The summed E-state index contributed by atoms with van der Waals surface area (Å²) in [5, 5.41) is 3.02. The molecule has 0 unspecified atom stereocenters. The number of amides is 1. The van der Waals surface area contributed by atoms with E-state index in [0.29, 0.717) is 6.61 Å². The molecule has 1 aromatic rings. The van der Waals surface area contributed by atoms with Gasteiger partial charge in [-0.15, -0.1) is 0 Å². The van der Waals surface area contributed by atoms with Crippen LogP contribution in [0.1, 0.15) is 43.0 Å². The quantitative estimate of drug-likeness (QED) is 0.874. The van der Waals surface area contributed by atoms with Gasteiger partial charge in [0.05, 0.1) is 6.10 Å². The molecule has 2 N–H and O–H groups in total. The molecule has 108 valence electrons. The third-order valence-electron chi connectivity index (χ3n) is 4.81. The average Bonchev–Trinajstić information content (AvgIpc) is 2.35. The van der Waals surface area contributed by atoms with Gasteiger partial charge >= 0.3 is 0 Å². The van der Waals surface area contributed by atoms with Crippen molar-refractivity contribution in [2.45, 2.75) is 44.8 Å². The molecule has 20 heavy (non-hydrogen) atoms. The smallest absolute Gasteiger partial charge is 0.260 e. The summed E-state index contributed by atoms with van der Waals surface area (Å²) in [6.07, 6.45) is 6.05. The van der Waals surface area contributed by atoms with Crippen molar-refractivity contribution in [3.05, 3.63) is 34.2 Å². The van der Waals surface area contributed by atoms with Crippen LogP contribution in [0.2, 0.25) is 0 Å². The highest BCUT2D eigenvalue weighted by molar-refractivity contribution is 5.94. The fraction of sp³-hybridized carbons (Fsp3) is 0.600. The lowest BCUT2D eigenvalue weighted by Gasteiger charge is -2.60. The van der Waals surface area contributed by atoms with Gasteiger partial charge in [-0.25, -0.2) is 0 Å². The maximum absolute atomic E-state index is 12.2. The van der Waals surface area contributed by atoms with E-state index in [4.69, 9.17) is 4.74 Å². The van der Waals surface area contributed by atoms with Gasteiger partial charge in [0.2, 0.25) is 0 Å². The second-order valence-corrected chi connectivity index (χ2v) is 5.71. The first-order chi connectivity index (χ1) is 9.67. The minimum atomic E-state index is -0.339. The van der Waals surface area contributed by atoms with Crippen LogP contribution in [0.25, 0.3) is 0 Å². The van der Waals surface area contributed by atoms with Crippen LogP contribution in [0.15, 0.2) is 23.1 Å². The first-order valence-corrected chi connectivity index (χ1v) is 7.27. The molecule has 1 amide bonds. The molecule has 1 heterocycles. The largest absolute Gasteiger partial charge is 0.378 e. The van der Waals surface area contributed by atoms with Crippen LogP contribution in [0, 0.1) is 5.41 Å². The van der Waals surface area contributed by atoms with E-state index in [9.17, 15) is 9.59 Å². The predicted molar refractivity (Wildman–Crippen MR) is 74.6 cm³/mol. The van der Waals surface area contributed by atoms with Gasteiger partial charge < -0.3 is 15.0 Å². The molecule has 1 aromatic heterocycles. The third-order valence-corrected chi connectivity index (χ3v) is 4.81. The summed E-state index contributed by atoms with van der Waals surface area (Å²) in [4.78, 5) is 26.3. The normalized spacial score (nSPS) is 26.6. The highest BCUT2D eigenvalue weighted by Gasteiger charge is 2.59. The van der Waals surface area contributed by atoms with Crippen molar-refractivity contribution in [2.75, 3.05) is 6.61 Å². The van der Waals surface area contributed by atoms with Gasteiger partial charge in [-0.2, -0.15) is 0 Å². The summed E-state index contributed by atoms with van der Waals surface area (Å²) < 4.78 is 5.76. The van der Waals surface area contributed by atoms with E-state index in [-0.39, 0.29) is 34.6 Å². The molecular formula is C15H20N2O3. The van der Waals surface area contributed by atoms with E-state index in [2.05, 4.69) is 10.3 Å². The Kier molecular flexibility index (Phi) is 3.38. The first-order valence-electron chi connectivity index (χ1n) is 7.27. The lowest BCUT2D eigenvalue weighted by molar-refractivity contribution is -0.169. The fourth-order valence-corrected chi connectivity index (χ4v) is 3.48. The van der Waals surface area contributed by atoms with Gasteiger partial charge in [-0.3, -0.25) is 9.59 Å². The van der Waals surface area contributed by atoms with Crippen LogP contribution < -0.4 is 10.9 Å². The Morgan fingerprint density at radius 3 is 2.95 bits per heavy atom. The highest BCUT2D eigenvalue weighted by atomic mass is 16.5. The number of pyridine rings is 1. The van der Waals surface area contributed by atoms with E-state index in [0.717, 1.165) is 19.3 Å². The molecule has 0 saturated heterocycles. The highest BCUT2D eigenvalue weighted by Crippen LogP contribution is 2.57. The van der Waals surface area contributed by atoms with Crippen molar-refractivity contribution in [1.82, 2.24) is 10.3 Å². The summed E-state index contributed by atoms with van der Waals surface area (Å²) >= 11 is 0. The molecule has 0 radical (unpaired) electrons. The summed E-state index contributed by atoms with van der Waals surface area (Å²) in [5.74, 6) is -0.280. The Bertz CT molecular complexity index is 562. The van der Waals surface area contributed by atoms with Gasteiger partial charge in [0.1, 0.15) is 5.56 Å². The van der Waals surface area contributed by atoms with Crippen molar-refractivity contribution in [3.63, 3.8) is 0 Å². The number of aromatic nitrogens is 1. The van der Waals surface area contributed by atoms with E-state index in [1.165, 1.54) is 12.6 Å². The lowest BCUT2D eigenvalue weighted by Crippen LogP contribution is -2.67. The van der Waals surface area contributed by atoms with E-state index in [1.54, 1.807) is 12.1 Å². The van der Waals surface area contributed by atoms with Crippen LogP contribution >= 0.6 is 0 Å². The van der Waals surface area contributed by atoms with Crippen LogP contribution in [0.3, 0.4) is 0 Å². The van der Waals surface area contributed by atoms with Crippen LogP contribution in [0.5, 0.6) is 0 Å². The Morgan fingerprint density at radius 1 is 1.55 bits per heavy atom. The molecule has 0 aromatic carbocycles. The molecule has 2 saturated carbocycles. The molecule has 0 aliphatic heterocycles. The van der Waals surface area contributed by atoms with Crippen LogP contribution in [-0.2, 0) is 4.74 Å². The summed E-state index contributed by atoms with van der Waals surface area (Å²) in [6, 6.07) is 3.36. The van der Waals surface area contributed by atoms with E-state index >= 15 is 0 Å². The SMILES string of the molecule is CCO[C@H]1C[C@H](NC(=O)c2ccc[nH]c2=O)C12CCC2. The second-order valence-electron chi connectivity index (χ2n) is 5.71. The zero-order valence-corrected chi connectivity index (χ0v) is 11.6. The number of nitrogens with one attached hydrogen (secondary N) is 2. The number of carbonyl (C=O) groups is 1. The summed E-state index contributed by atoms with van der Waals surface area (Å²) in [7, 11) is 0. The molecule has 5 nitrogen and oxygen atoms in total. The summed E-state index contributed by atoms with van der Waals surface area (Å²) in [6.45, 7) is 2.72. The van der Waals surface area contributed by atoms with Crippen LogP contribution in [-0.4, -0.2) is 29.6 Å². The maximum Gasteiger partial charge on any atom is 0.260 e. The standard InChI is InChI=1S/C15H20N2O3/c1-2-20-12-9-11(15(12)6-4-7-15)17-14(19)10-5-3-8-16-13(10)18/h3,5,8,11-12H,2,4,6-7,9H2,1H3,(H,16,18)(H,17,19)/t11-,12-/m0/s1. The number of hydrogen-bond donors (Lipinski definition) is 2. The van der Waals surface area contributed by atoms with Gasteiger partial charge in [0.15, 0.2) is 0 Å². The van der Waals surface area contributed by atoms with E-state index in [1.807, 2.05) is 6.92 Å². The number of H-pyrrole nitrogens is 1. The molecule has 2 atom stereocenters. The first kappa shape index (κ1) is 13.4. The summed E-state index contributed by atoms with van der Waals surface area (Å²) in [5.41, 5.74) is -0.0390. The topological polar surface area (TPSA) is 71.2 Å². The molecule has 2 aliphatic rings. The zero-order valence-electron chi connectivity index (χ0n) is 11.6. The molecule has 1 spiro atoms. The minimum Gasteiger partial charge on any atom is -0.378 e. The number of aromatic amines is 1. The van der Waals surface area contributed by atoms with Crippen LogP contribution in [0.4, 0.5) is 0 Å². The molecule has 3 rings (SSSR count). The van der Waals surface area contributed by atoms with Crippen molar-refractivity contribution >= 4 is 5.91 Å². The maximum atomic E-state index is 12.2. The van der Waals surface area contributed by atoms with Crippen molar-refractivity contribution in [3.8, 4) is 0 Å². The molecule has 0 bridgehead atoms. The van der Waals surface area contributed by atoms with Gasteiger partial charge in [-0.05, 0) is 38.3 Å². The Balaban J connectivity index is 1.69. The van der Waals surface area contributed by atoms with Crippen molar-refractivity contribution in [2.24, 2.45) is 5.41 Å². The predicted octanol–water partition coefficient (Wildman–Crippen LogP) is 1.45. The molecule has 2 aliphatic carbocycles. The Morgan fingerprint density at radius 2 is 2.35 bits per heavy atom. The van der Waals surface area contributed by atoms with Crippen molar-refractivity contribution in [1.29, 1.82) is 0 Å². The Labute approximate surface area is 117 Å². The number of hydrogen-bond acceptors (Lipinski definition) is 3. The van der Waals surface area contributed by atoms with Gasteiger partial charge in [0.25, 0.3) is 11.5 Å². The lowest BCUT2D eigenvalue weighted by atomic mass is 9.51. The minimum absolute atomic E-state index is 0.118. The number of ether oxygens (including phenoxy) is 1. The van der Waals surface area contributed by atoms with Crippen molar-refractivity contribution < 1.29 is 9.53 Å². The fourth-order valence-electron chi connectivity index (χ4n) is 3.48. The Hall–Kier alpha value is -1.62. The number of carbonyl (C=O) groups excluding carboxylic acids is 1. The average molecular weight is 276 g/mol. The molecule has 5 heteroatoms. The van der Waals surface area contributed by atoms with E-state index < -0.39 is 0 Å².